The van der Waals surface area contributed by atoms with Gasteiger partial charge in [-0.15, -0.1) is 0 Å². The number of halogens is 4. The van der Waals surface area contributed by atoms with E-state index in [9.17, 15) is 17.6 Å². The monoisotopic (exact) mass is 334 g/mol. The second kappa shape index (κ2) is 5.82. The van der Waals surface area contributed by atoms with Crippen molar-refractivity contribution < 1.29 is 22.3 Å². The van der Waals surface area contributed by atoms with Gasteiger partial charge in [0.2, 0.25) is 0 Å². The lowest BCUT2D eigenvalue weighted by Crippen LogP contribution is -2.43. The Kier molecular flexibility index (Phi) is 3.95. The molecule has 5 heteroatoms. The van der Waals surface area contributed by atoms with Crippen molar-refractivity contribution in [2.75, 3.05) is 7.11 Å². The van der Waals surface area contributed by atoms with Crippen molar-refractivity contribution in [2.45, 2.75) is 11.8 Å². The smallest absolute Gasteiger partial charge is 0.340 e. The van der Waals surface area contributed by atoms with Crippen LogP contribution in [0.3, 0.4) is 0 Å². The molecule has 0 radical (unpaired) electrons. The van der Waals surface area contributed by atoms with Gasteiger partial charge in [0.15, 0.2) is 0 Å². The summed E-state index contributed by atoms with van der Waals surface area (Å²) >= 11 is 0. The summed E-state index contributed by atoms with van der Waals surface area (Å²) in [6, 6.07) is 13.1. The zero-order chi connectivity index (χ0) is 17.4. The molecule has 124 valence electrons. The van der Waals surface area contributed by atoms with Crippen LogP contribution in [-0.2, 0) is 0 Å². The summed E-state index contributed by atoms with van der Waals surface area (Å²) in [6.45, 7) is 0. The molecule has 24 heavy (non-hydrogen) atoms. The average Bonchev–Trinajstić information content (AvgIpc) is 2.58. The molecule has 0 saturated heterocycles. The van der Waals surface area contributed by atoms with Crippen molar-refractivity contribution in [3.05, 3.63) is 77.9 Å². The Bertz CT molecular complexity index is 790. The van der Waals surface area contributed by atoms with E-state index in [2.05, 4.69) is 0 Å². The maximum absolute atomic E-state index is 14.6. The van der Waals surface area contributed by atoms with Gasteiger partial charge in [0, 0.05) is 11.1 Å². The Morgan fingerprint density at radius 3 is 1.58 bits per heavy atom. The first-order valence-corrected chi connectivity index (χ1v) is 7.26. The minimum Gasteiger partial charge on any atom is -0.497 e. The number of rotatable bonds is 3. The molecule has 2 aromatic carbocycles. The third-order valence-corrected chi connectivity index (χ3v) is 3.97. The second-order valence-corrected chi connectivity index (χ2v) is 5.40. The number of hydrogen-bond acceptors (Lipinski definition) is 1. The van der Waals surface area contributed by atoms with Gasteiger partial charge in [0.25, 0.3) is 0 Å². The summed E-state index contributed by atoms with van der Waals surface area (Å²) in [4.78, 5) is 0. The summed E-state index contributed by atoms with van der Waals surface area (Å²) < 4.78 is 63.1. The standard InChI is InChI=1S/C19H14F4O/c1-24-15-9-7-14(8-10-15)17-12-11-16(13-5-3-2-4-6-13)18(20,21)19(17,22)23/h2-12H,1H3. The maximum Gasteiger partial charge on any atom is 0.340 e. The molecule has 1 aliphatic rings. The molecule has 0 atom stereocenters. The fourth-order valence-electron chi connectivity index (χ4n) is 2.66. The SMILES string of the molecule is COc1ccc(C2=CC=C(c3ccccc3)C(F)(F)C2(F)F)cc1. The Morgan fingerprint density at radius 1 is 0.667 bits per heavy atom. The minimum atomic E-state index is -4.32. The van der Waals surface area contributed by atoms with E-state index in [0.717, 1.165) is 12.2 Å². The first kappa shape index (κ1) is 16.3. The molecule has 0 amide bonds. The molecular formula is C19H14F4O. The van der Waals surface area contributed by atoms with Gasteiger partial charge >= 0.3 is 11.8 Å². The van der Waals surface area contributed by atoms with Gasteiger partial charge in [-0.1, -0.05) is 54.6 Å². The summed E-state index contributed by atoms with van der Waals surface area (Å²) in [7, 11) is 1.44. The topological polar surface area (TPSA) is 9.23 Å². The molecule has 0 fully saturated rings. The zero-order valence-electron chi connectivity index (χ0n) is 12.8. The van der Waals surface area contributed by atoms with E-state index in [4.69, 9.17) is 4.74 Å². The molecule has 0 spiro atoms. The molecule has 0 N–H and O–H groups in total. The fourth-order valence-corrected chi connectivity index (χ4v) is 2.66. The van der Waals surface area contributed by atoms with Crippen LogP contribution in [0.4, 0.5) is 17.6 Å². The lowest BCUT2D eigenvalue weighted by Gasteiger charge is -2.33. The summed E-state index contributed by atoms with van der Waals surface area (Å²) in [5.74, 6) is -8.16. The Morgan fingerprint density at radius 2 is 1.12 bits per heavy atom. The molecule has 1 aliphatic carbocycles. The van der Waals surface area contributed by atoms with Crippen molar-refractivity contribution in [1.82, 2.24) is 0 Å². The van der Waals surface area contributed by atoms with Crippen LogP contribution in [0.5, 0.6) is 5.75 Å². The summed E-state index contributed by atoms with van der Waals surface area (Å²) in [5, 5.41) is 0. The number of methoxy groups -OCH3 is 1. The molecule has 1 nitrogen and oxygen atoms in total. The van der Waals surface area contributed by atoms with Crippen molar-refractivity contribution in [3.8, 4) is 5.75 Å². The lowest BCUT2D eigenvalue weighted by molar-refractivity contribution is -0.133. The number of allylic oxidation sites excluding steroid dienone is 4. The predicted molar refractivity (Wildman–Crippen MR) is 85.3 cm³/mol. The molecular weight excluding hydrogens is 320 g/mol. The maximum atomic E-state index is 14.6. The van der Waals surface area contributed by atoms with Crippen molar-refractivity contribution in [1.29, 1.82) is 0 Å². The zero-order valence-corrected chi connectivity index (χ0v) is 12.8. The quantitative estimate of drug-likeness (QED) is 0.679. The number of benzene rings is 2. The lowest BCUT2D eigenvalue weighted by atomic mass is 9.84. The number of alkyl halides is 4. The van der Waals surface area contributed by atoms with E-state index in [0.29, 0.717) is 5.75 Å². The van der Waals surface area contributed by atoms with E-state index < -0.39 is 23.0 Å². The molecule has 0 bridgehead atoms. The van der Waals surface area contributed by atoms with Crippen molar-refractivity contribution in [3.63, 3.8) is 0 Å². The van der Waals surface area contributed by atoms with Crippen LogP contribution in [0.1, 0.15) is 11.1 Å². The first-order chi connectivity index (χ1) is 11.4. The summed E-state index contributed by atoms with van der Waals surface area (Å²) in [6.07, 6.45) is 2.12. The Labute approximate surface area is 136 Å². The molecule has 2 aromatic rings. The highest BCUT2D eigenvalue weighted by Gasteiger charge is 2.62. The van der Waals surface area contributed by atoms with Crippen LogP contribution < -0.4 is 4.74 Å². The van der Waals surface area contributed by atoms with Gasteiger partial charge in [0.1, 0.15) is 5.75 Å². The second-order valence-electron chi connectivity index (χ2n) is 5.40. The highest BCUT2D eigenvalue weighted by atomic mass is 19.3. The van der Waals surface area contributed by atoms with Crippen LogP contribution in [0, 0.1) is 0 Å². The van der Waals surface area contributed by atoms with Crippen molar-refractivity contribution in [2.24, 2.45) is 0 Å². The van der Waals surface area contributed by atoms with E-state index in [1.54, 1.807) is 6.07 Å². The molecule has 0 heterocycles. The molecule has 0 unspecified atom stereocenters. The van der Waals surface area contributed by atoms with Crippen LogP contribution in [0.15, 0.2) is 66.7 Å². The third-order valence-electron chi connectivity index (χ3n) is 3.97. The fraction of sp³-hybridized carbons (Fsp3) is 0.158. The van der Waals surface area contributed by atoms with Crippen molar-refractivity contribution >= 4 is 11.1 Å². The molecule has 0 saturated carbocycles. The average molecular weight is 334 g/mol. The predicted octanol–water partition coefficient (Wildman–Crippen LogP) is 5.45. The van der Waals surface area contributed by atoms with E-state index in [1.807, 2.05) is 0 Å². The first-order valence-electron chi connectivity index (χ1n) is 7.26. The van der Waals surface area contributed by atoms with E-state index in [1.165, 1.54) is 55.6 Å². The van der Waals surface area contributed by atoms with Gasteiger partial charge in [-0.2, -0.15) is 17.6 Å². The molecule has 0 aliphatic heterocycles. The van der Waals surface area contributed by atoms with Gasteiger partial charge in [0.05, 0.1) is 7.11 Å². The molecule has 3 rings (SSSR count). The number of ether oxygens (including phenoxy) is 1. The van der Waals surface area contributed by atoms with Gasteiger partial charge in [-0.05, 0) is 23.3 Å². The van der Waals surface area contributed by atoms with Crippen LogP contribution in [-0.4, -0.2) is 19.0 Å². The Balaban J connectivity index is 2.10. The highest BCUT2D eigenvalue weighted by molar-refractivity contribution is 5.86. The van der Waals surface area contributed by atoms with Crippen LogP contribution in [0.2, 0.25) is 0 Å². The summed E-state index contributed by atoms with van der Waals surface area (Å²) in [5.41, 5.74) is -1.30. The van der Waals surface area contributed by atoms with Gasteiger partial charge in [-0.3, -0.25) is 0 Å². The van der Waals surface area contributed by atoms with Crippen LogP contribution >= 0.6 is 0 Å². The normalized spacial score (nSPS) is 18.5. The minimum absolute atomic E-state index is 0.0313. The van der Waals surface area contributed by atoms with Gasteiger partial charge in [-0.25, -0.2) is 0 Å². The Hall–Kier alpha value is -2.56. The molecule has 0 aromatic heterocycles. The van der Waals surface area contributed by atoms with E-state index in [-0.39, 0.29) is 11.1 Å². The highest BCUT2D eigenvalue weighted by Crippen LogP contribution is 2.53. The van der Waals surface area contributed by atoms with E-state index >= 15 is 0 Å². The largest absolute Gasteiger partial charge is 0.497 e. The van der Waals surface area contributed by atoms with Crippen LogP contribution in [0.25, 0.3) is 11.1 Å². The number of hydrogen-bond donors (Lipinski definition) is 0. The third kappa shape index (κ3) is 2.50. The van der Waals surface area contributed by atoms with Gasteiger partial charge < -0.3 is 4.74 Å².